The van der Waals surface area contributed by atoms with Gasteiger partial charge in [-0.1, -0.05) is 12.2 Å². The van der Waals surface area contributed by atoms with Gasteiger partial charge in [0.2, 0.25) is 11.8 Å². The minimum absolute atomic E-state index is 0.0307. The molecule has 0 bridgehead atoms. The van der Waals surface area contributed by atoms with Crippen LogP contribution in [-0.4, -0.2) is 30.0 Å². The molecule has 4 rings (SSSR count). The molecule has 0 atom stereocenters. The molecule has 1 aliphatic carbocycles. The topological polar surface area (TPSA) is 100 Å². The maximum atomic E-state index is 10.3. The summed E-state index contributed by atoms with van der Waals surface area (Å²) in [6.45, 7) is 0. The molecule has 7 nitrogen and oxygen atoms in total. The maximum Gasteiger partial charge on any atom is 0.259 e. The van der Waals surface area contributed by atoms with Crippen molar-refractivity contribution in [3.8, 4) is 29.3 Å². The summed E-state index contributed by atoms with van der Waals surface area (Å²) in [5, 5.41) is 27.4. The van der Waals surface area contributed by atoms with Crippen LogP contribution in [0.4, 0.5) is 0 Å². The van der Waals surface area contributed by atoms with Crippen LogP contribution in [0, 0.1) is 0 Å². The number of aromatic nitrogens is 4. The molecule has 0 aliphatic heterocycles. The average Bonchev–Trinajstić information content (AvgIpc) is 3.21. The lowest BCUT2D eigenvalue weighted by Crippen LogP contribution is -1.96. The van der Waals surface area contributed by atoms with Crippen LogP contribution in [0.1, 0.15) is 11.1 Å². The molecular weight excluding hydrogens is 272 g/mol. The standard InChI is InChI=1S/C14H12N4O3/c19-12-8-4-1-2-5-9(8)13(20)18(12)14-15-11(16-17-14)10-6-3-7-21-10/h1-3,6-7,19-20H,4-5H2,(H,15,16,17). The first-order valence-electron chi connectivity index (χ1n) is 6.51. The normalized spacial score (nSPS) is 13.5. The third-order valence-electron chi connectivity index (χ3n) is 3.57. The first-order chi connectivity index (χ1) is 10.3. The highest BCUT2D eigenvalue weighted by molar-refractivity contribution is 5.54. The number of rotatable bonds is 2. The van der Waals surface area contributed by atoms with Crippen molar-refractivity contribution < 1.29 is 14.6 Å². The Kier molecular flexibility index (Phi) is 2.41. The fourth-order valence-corrected chi connectivity index (χ4v) is 2.54. The van der Waals surface area contributed by atoms with E-state index in [2.05, 4.69) is 15.2 Å². The second-order valence-electron chi connectivity index (χ2n) is 4.78. The number of H-pyrrole nitrogens is 1. The van der Waals surface area contributed by atoms with E-state index in [-0.39, 0.29) is 17.7 Å². The van der Waals surface area contributed by atoms with E-state index >= 15 is 0 Å². The van der Waals surface area contributed by atoms with Crippen molar-refractivity contribution in [2.24, 2.45) is 0 Å². The van der Waals surface area contributed by atoms with Gasteiger partial charge in [0.05, 0.1) is 6.26 Å². The van der Waals surface area contributed by atoms with Gasteiger partial charge in [0.25, 0.3) is 5.95 Å². The number of hydrogen-bond acceptors (Lipinski definition) is 5. The zero-order valence-electron chi connectivity index (χ0n) is 10.9. The number of hydrogen-bond donors (Lipinski definition) is 3. The Morgan fingerprint density at radius 1 is 1.14 bits per heavy atom. The molecule has 0 spiro atoms. The van der Waals surface area contributed by atoms with E-state index < -0.39 is 0 Å². The fraction of sp³-hybridized carbons (Fsp3) is 0.143. The number of nitrogens with one attached hydrogen (secondary N) is 1. The molecule has 3 aromatic rings. The summed E-state index contributed by atoms with van der Waals surface area (Å²) >= 11 is 0. The average molecular weight is 284 g/mol. The molecule has 0 unspecified atom stereocenters. The summed E-state index contributed by atoms with van der Waals surface area (Å²) in [6, 6.07) is 3.49. The van der Waals surface area contributed by atoms with Crippen LogP contribution >= 0.6 is 0 Å². The van der Waals surface area contributed by atoms with Crippen LogP contribution in [0.5, 0.6) is 11.8 Å². The van der Waals surface area contributed by atoms with E-state index in [4.69, 9.17) is 4.42 Å². The van der Waals surface area contributed by atoms with Gasteiger partial charge >= 0.3 is 0 Å². The van der Waals surface area contributed by atoms with Crippen LogP contribution < -0.4 is 0 Å². The summed E-state index contributed by atoms with van der Waals surface area (Å²) in [5.74, 6) is 1.07. The first-order valence-corrected chi connectivity index (χ1v) is 6.51. The van der Waals surface area contributed by atoms with Crippen molar-refractivity contribution in [2.75, 3.05) is 0 Å². The molecule has 1 aliphatic rings. The fourth-order valence-electron chi connectivity index (χ4n) is 2.54. The number of aromatic hydroxyl groups is 2. The highest BCUT2D eigenvalue weighted by Crippen LogP contribution is 2.38. The molecule has 0 saturated heterocycles. The van der Waals surface area contributed by atoms with Crippen molar-refractivity contribution in [3.63, 3.8) is 0 Å². The van der Waals surface area contributed by atoms with Crippen molar-refractivity contribution in [1.82, 2.24) is 19.7 Å². The SMILES string of the molecule is Oc1c2c(c(O)n1-c1n[nH]c(-c3ccco3)n1)CC=CC2. The van der Waals surface area contributed by atoms with Gasteiger partial charge in [0.1, 0.15) is 0 Å². The Hall–Kier alpha value is -2.96. The second kappa shape index (κ2) is 4.27. The molecule has 21 heavy (non-hydrogen) atoms. The van der Waals surface area contributed by atoms with Crippen LogP contribution in [0.15, 0.2) is 35.0 Å². The van der Waals surface area contributed by atoms with Crippen LogP contribution in [-0.2, 0) is 12.8 Å². The molecule has 0 aromatic carbocycles. The Bertz CT molecular complexity index is 795. The highest BCUT2D eigenvalue weighted by atomic mass is 16.3. The summed E-state index contributed by atoms with van der Waals surface area (Å²) in [5.41, 5.74) is 1.42. The van der Waals surface area contributed by atoms with Crippen LogP contribution in [0.25, 0.3) is 17.5 Å². The first kappa shape index (κ1) is 11.8. The highest BCUT2D eigenvalue weighted by Gasteiger charge is 2.25. The van der Waals surface area contributed by atoms with Gasteiger partial charge in [-0.3, -0.25) is 5.10 Å². The van der Waals surface area contributed by atoms with Gasteiger partial charge < -0.3 is 14.6 Å². The van der Waals surface area contributed by atoms with Gasteiger partial charge in [-0.25, -0.2) is 4.57 Å². The van der Waals surface area contributed by atoms with E-state index in [0.29, 0.717) is 35.6 Å². The molecule has 7 heteroatoms. The van der Waals surface area contributed by atoms with Gasteiger partial charge in [-0.15, -0.1) is 5.10 Å². The molecule has 0 amide bonds. The lowest BCUT2D eigenvalue weighted by Gasteiger charge is -2.03. The monoisotopic (exact) mass is 284 g/mol. The van der Waals surface area contributed by atoms with Crippen molar-refractivity contribution in [2.45, 2.75) is 12.8 Å². The van der Waals surface area contributed by atoms with E-state index in [1.54, 1.807) is 12.1 Å². The molecule has 3 aromatic heterocycles. The smallest absolute Gasteiger partial charge is 0.259 e. The Morgan fingerprint density at radius 2 is 1.86 bits per heavy atom. The molecule has 0 fully saturated rings. The number of furan rings is 1. The van der Waals surface area contributed by atoms with Crippen molar-refractivity contribution in [1.29, 1.82) is 0 Å². The van der Waals surface area contributed by atoms with Crippen LogP contribution in [0.2, 0.25) is 0 Å². The minimum Gasteiger partial charge on any atom is -0.494 e. The van der Waals surface area contributed by atoms with Crippen molar-refractivity contribution in [3.05, 3.63) is 41.7 Å². The van der Waals surface area contributed by atoms with Gasteiger partial charge in [0, 0.05) is 11.1 Å². The minimum atomic E-state index is -0.0307. The van der Waals surface area contributed by atoms with Gasteiger partial charge in [0.15, 0.2) is 11.6 Å². The van der Waals surface area contributed by atoms with E-state index in [1.165, 1.54) is 10.8 Å². The Balaban J connectivity index is 1.83. The lowest BCUT2D eigenvalue weighted by molar-refractivity contribution is 0.396. The van der Waals surface area contributed by atoms with Gasteiger partial charge in [-0.05, 0) is 25.0 Å². The van der Waals surface area contributed by atoms with E-state index in [9.17, 15) is 10.2 Å². The summed E-state index contributed by atoms with van der Waals surface area (Å²) in [4.78, 5) is 4.25. The second-order valence-corrected chi connectivity index (χ2v) is 4.78. The van der Waals surface area contributed by atoms with Crippen LogP contribution in [0.3, 0.4) is 0 Å². The van der Waals surface area contributed by atoms with Gasteiger partial charge in [-0.2, -0.15) is 4.98 Å². The number of aromatic amines is 1. The number of nitrogens with zero attached hydrogens (tertiary/aromatic N) is 3. The van der Waals surface area contributed by atoms with E-state index in [0.717, 1.165) is 0 Å². The largest absolute Gasteiger partial charge is 0.494 e. The molecule has 0 saturated carbocycles. The molecular formula is C14H12N4O3. The van der Waals surface area contributed by atoms with Crippen molar-refractivity contribution >= 4 is 0 Å². The molecule has 3 heterocycles. The Labute approximate surface area is 119 Å². The molecule has 106 valence electrons. The Morgan fingerprint density at radius 3 is 2.48 bits per heavy atom. The predicted octanol–water partition coefficient (Wildman–Crippen LogP) is 1.92. The zero-order valence-corrected chi connectivity index (χ0v) is 10.9. The third kappa shape index (κ3) is 1.67. The third-order valence-corrected chi connectivity index (χ3v) is 3.57. The quantitative estimate of drug-likeness (QED) is 0.624. The molecule has 3 N–H and O–H groups in total. The predicted molar refractivity (Wildman–Crippen MR) is 73.3 cm³/mol. The maximum absolute atomic E-state index is 10.3. The molecule has 0 radical (unpaired) electrons. The zero-order chi connectivity index (χ0) is 14.4. The number of fused-ring (bicyclic) bond motifs is 1. The summed E-state index contributed by atoms with van der Waals surface area (Å²) < 4.78 is 6.47. The lowest BCUT2D eigenvalue weighted by atomic mass is 10.0. The summed E-state index contributed by atoms with van der Waals surface area (Å²) in [7, 11) is 0. The number of allylic oxidation sites excluding steroid dienone is 2. The van der Waals surface area contributed by atoms with E-state index in [1.807, 2.05) is 12.2 Å². The summed E-state index contributed by atoms with van der Waals surface area (Å²) in [6.07, 6.45) is 6.61.